The van der Waals surface area contributed by atoms with Crippen molar-refractivity contribution < 1.29 is 4.39 Å². The van der Waals surface area contributed by atoms with Gasteiger partial charge >= 0.3 is 0 Å². The van der Waals surface area contributed by atoms with Gasteiger partial charge in [-0.05, 0) is 56.0 Å². The molecule has 3 heteroatoms. The summed E-state index contributed by atoms with van der Waals surface area (Å²) in [6, 6.07) is 4.22. The zero-order chi connectivity index (χ0) is 11.5. The Morgan fingerprint density at radius 1 is 1.44 bits per heavy atom. The average molecular weight is 286 g/mol. The molecule has 88 valence electrons. The fraction of sp³-hybridized carbons (Fsp3) is 0.538. The Kier molecular flexibility index (Phi) is 3.98. The molecule has 16 heavy (non-hydrogen) atoms. The van der Waals surface area contributed by atoms with Crippen LogP contribution in [0.15, 0.2) is 16.6 Å². The van der Waals surface area contributed by atoms with Crippen LogP contribution in [0.1, 0.15) is 30.4 Å². The van der Waals surface area contributed by atoms with Crippen molar-refractivity contribution in [3.63, 3.8) is 0 Å². The van der Waals surface area contributed by atoms with Crippen LogP contribution in [-0.4, -0.2) is 12.6 Å². The lowest BCUT2D eigenvalue weighted by Gasteiger charge is -2.23. The minimum Gasteiger partial charge on any atom is -0.314 e. The van der Waals surface area contributed by atoms with Gasteiger partial charge in [-0.3, -0.25) is 0 Å². The first-order chi connectivity index (χ1) is 7.66. The molecule has 1 N–H and O–H groups in total. The van der Waals surface area contributed by atoms with Gasteiger partial charge < -0.3 is 5.32 Å². The Morgan fingerprint density at radius 3 is 2.88 bits per heavy atom. The molecule has 1 aliphatic heterocycles. The Hall–Kier alpha value is -0.410. The first kappa shape index (κ1) is 12.1. The molecule has 1 nitrogen and oxygen atoms in total. The molecule has 0 saturated carbocycles. The molecule has 1 atom stereocenters. The Morgan fingerprint density at radius 2 is 2.25 bits per heavy atom. The average Bonchev–Trinajstić information content (AvgIpc) is 2.27. The van der Waals surface area contributed by atoms with Crippen LogP contribution in [0.4, 0.5) is 4.39 Å². The highest BCUT2D eigenvalue weighted by molar-refractivity contribution is 9.10. The second-order valence-corrected chi connectivity index (χ2v) is 5.39. The summed E-state index contributed by atoms with van der Waals surface area (Å²) in [6.45, 7) is 2.89. The Bertz CT molecular complexity index is 349. The number of benzene rings is 1. The van der Waals surface area contributed by atoms with E-state index in [4.69, 9.17) is 0 Å². The second kappa shape index (κ2) is 5.28. The van der Waals surface area contributed by atoms with Crippen molar-refractivity contribution in [3.8, 4) is 0 Å². The maximum atomic E-state index is 13.5. The van der Waals surface area contributed by atoms with Crippen LogP contribution in [0.2, 0.25) is 0 Å². The van der Waals surface area contributed by atoms with E-state index < -0.39 is 0 Å². The summed E-state index contributed by atoms with van der Waals surface area (Å²) in [5.41, 5.74) is 1.77. The third-order valence-electron chi connectivity index (χ3n) is 3.24. The van der Waals surface area contributed by atoms with Gasteiger partial charge in [-0.25, -0.2) is 4.39 Å². The summed E-state index contributed by atoms with van der Waals surface area (Å²) in [4.78, 5) is 0. The van der Waals surface area contributed by atoms with Gasteiger partial charge in [0.25, 0.3) is 0 Å². The number of rotatable bonds is 2. The molecule has 0 spiro atoms. The SMILES string of the molecule is Cc1c(F)cc(CC2CCCCN2)cc1Br. The third-order valence-corrected chi connectivity index (χ3v) is 4.06. The van der Waals surface area contributed by atoms with Gasteiger partial charge in [-0.1, -0.05) is 22.4 Å². The highest BCUT2D eigenvalue weighted by atomic mass is 79.9. The van der Waals surface area contributed by atoms with Crippen LogP contribution in [0.5, 0.6) is 0 Å². The minimum atomic E-state index is -0.111. The van der Waals surface area contributed by atoms with Crippen LogP contribution in [0.3, 0.4) is 0 Å². The molecule has 0 amide bonds. The van der Waals surface area contributed by atoms with E-state index in [-0.39, 0.29) is 5.82 Å². The summed E-state index contributed by atoms with van der Waals surface area (Å²) in [5, 5.41) is 3.48. The highest BCUT2D eigenvalue weighted by Crippen LogP contribution is 2.23. The summed E-state index contributed by atoms with van der Waals surface area (Å²) in [7, 11) is 0. The lowest BCUT2D eigenvalue weighted by molar-refractivity contribution is 0.399. The van der Waals surface area contributed by atoms with E-state index in [1.807, 2.05) is 6.07 Å². The Labute approximate surface area is 105 Å². The van der Waals surface area contributed by atoms with E-state index in [2.05, 4.69) is 21.2 Å². The zero-order valence-electron chi connectivity index (χ0n) is 9.52. The molecule has 1 aromatic rings. The van der Waals surface area contributed by atoms with Crippen molar-refractivity contribution in [3.05, 3.63) is 33.5 Å². The summed E-state index contributed by atoms with van der Waals surface area (Å²) in [5.74, 6) is -0.111. The van der Waals surface area contributed by atoms with Gasteiger partial charge in [0.1, 0.15) is 5.82 Å². The second-order valence-electron chi connectivity index (χ2n) is 4.54. The molecule has 0 aromatic heterocycles. The largest absolute Gasteiger partial charge is 0.314 e. The van der Waals surface area contributed by atoms with Crippen LogP contribution in [-0.2, 0) is 6.42 Å². The number of hydrogen-bond donors (Lipinski definition) is 1. The van der Waals surface area contributed by atoms with E-state index in [9.17, 15) is 4.39 Å². The van der Waals surface area contributed by atoms with E-state index in [1.165, 1.54) is 19.3 Å². The molecular weight excluding hydrogens is 269 g/mol. The van der Waals surface area contributed by atoms with Gasteiger partial charge in [0.2, 0.25) is 0 Å². The predicted molar refractivity (Wildman–Crippen MR) is 68.2 cm³/mol. The standard InChI is InChI=1S/C13H17BrFN/c1-9-12(14)7-10(8-13(9)15)6-11-4-2-3-5-16-11/h7-8,11,16H,2-6H2,1H3. The normalized spacial score (nSPS) is 21.1. The summed E-state index contributed by atoms with van der Waals surface area (Å²) >= 11 is 3.40. The van der Waals surface area contributed by atoms with E-state index in [1.54, 1.807) is 13.0 Å². The maximum absolute atomic E-state index is 13.5. The van der Waals surface area contributed by atoms with Gasteiger partial charge in [0.05, 0.1) is 0 Å². The lowest BCUT2D eigenvalue weighted by Crippen LogP contribution is -2.35. The molecule has 1 unspecified atom stereocenters. The highest BCUT2D eigenvalue weighted by Gasteiger charge is 2.14. The molecule has 0 radical (unpaired) electrons. The van der Waals surface area contributed by atoms with Crippen molar-refractivity contribution in [1.29, 1.82) is 0 Å². The number of hydrogen-bond acceptors (Lipinski definition) is 1. The number of halogens is 2. The topological polar surface area (TPSA) is 12.0 Å². The molecular formula is C13H17BrFN. The first-order valence-electron chi connectivity index (χ1n) is 5.84. The smallest absolute Gasteiger partial charge is 0.127 e. The lowest BCUT2D eigenvalue weighted by atomic mass is 9.97. The van der Waals surface area contributed by atoms with Crippen LogP contribution >= 0.6 is 15.9 Å². The van der Waals surface area contributed by atoms with Gasteiger partial charge in [-0.15, -0.1) is 0 Å². The van der Waals surface area contributed by atoms with Crippen molar-refractivity contribution in [2.45, 2.75) is 38.6 Å². The third kappa shape index (κ3) is 2.83. The molecule has 0 bridgehead atoms. The van der Waals surface area contributed by atoms with Crippen molar-refractivity contribution in [1.82, 2.24) is 5.32 Å². The zero-order valence-corrected chi connectivity index (χ0v) is 11.1. The molecule has 1 saturated heterocycles. The van der Waals surface area contributed by atoms with Crippen molar-refractivity contribution in [2.75, 3.05) is 6.54 Å². The minimum absolute atomic E-state index is 0.111. The Balaban J connectivity index is 2.09. The fourth-order valence-corrected chi connectivity index (χ4v) is 2.68. The van der Waals surface area contributed by atoms with Crippen molar-refractivity contribution >= 4 is 15.9 Å². The van der Waals surface area contributed by atoms with Crippen LogP contribution < -0.4 is 5.32 Å². The van der Waals surface area contributed by atoms with Gasteiger partial charge in [-0.2, -0.15) is 0 Å². The molecule has 0 aliphatic carbocycles. The van der Waals surface area contributed by atoms with E-state index >= 15 is 0 Å². The van der Waals surface area contributed by atoms with Crippen LogP contribution in [0.25, 0.3) is 0 Å². The van der Waals surface area contributed by atoms with E-state index in [0.29, 0.717) is 11.6 Å². The number of nitrogens with one attached hydrogen (secondary N) is 1. The summed E-state index contributed by atoms with van der Waals surface area (Å²) in [6.07, 6.45) is 4.68. The number of piperidine rings is 1. The van der Waals surface area contributed by atoms with E-state index in [0.717, 1.165) is 23.0 Å². The molecule has 1 aromatic carbocycles. The molecule has 1 heterocycles. The quantitative estimate of drug-likeness (QED) is 0.876. The van der Waals surface area contributed by atoms with Gasteiger partial charge in [0, 0.05) is 10.5 Å². The molecule has 1 aliphatic rings. The monoisotopic (exact) mass is 285 g/mol. The van der Waals surface area contributed by atoms with Crippen molar-refractivity contribution in [2.24, 2.45) is 0 Å². The molecule has 2 rings (SSSR count). The van der Waals surface area contributed by atoms with Crippen LogP contribution in [0, 0.1) is 12.7 Å². The fourth-order valence-electron chi connectivity index (χ4n) is 2.20. The van der Waals surface area contributed by atoms with Gasteiger partial charge in [0.15, 0.2) is 0 Å². The molecule has 1 fully saturated rings. The predicted octanol–water partition coefficient (Wildman–Crippen LogP) is 3.58. The first-order valence-corrected chi connectivity index (χ1v) is 6.64. The summed E-state index contributed by atoms with van der Waals surface area (Å²) < 4.78 is 14.4. The maximum Gasteiger partial charge on any atom is 0.127 e.